The summed E-state index contributed by atoms with van der Waals surface area (Å²) in [5.41, 5.74) is -0.326. The van der Waals surface area contributed by atoms with Crippen LogP contribution in [0.5, 0.6) is 0 Å². The lowest BCUT2D eigenvalue weighted by Gasteiger charge is -2.19. The summed E-state index contributed by atoms with van der Waals surface area (Å²) in [7, 11) is -4.45. The number of rotatable bonds is 3. The van der Waals surface area contributed by atoms with Gasteiger partial charge in [-0.1, -0.05) is 0 Å². The van der Waals surface area contributed by atoms with Crippen molar-refractivity contribution in [1.29, 1.82) is 0 Å². The average molecular weight is 341 g/mol. The predicted molar refractivity (Wildman–Crippen MR) is 69.1 cm³/mol. The van der Waals surface area contributed by atoms with Crippen LogP contribution in [-0.4, -0.2) is 20.1 Å². The fraction of sp³-hybridized carbons (Fsp3) is 0.417. The van der Waals surface area contributed by atoms with E-state index in [-0.39, 0.29) is 0 Å². The minimum absolute atomic E-state index is 0.545. The lowest BCUT2D eigenvalue weighted by atomic mass is 10.2. The molecule has 1 aromatic rings. The van der Waals surface area contributed by atoms with E-state index in [2.05, 4.69) is 4.28 Å². The van der Waals surface area contributed by atoms with Gasteiger partial charge in [-0.25, -0.2) is 4.79 Å². The van der Waals surface area contributed by atoms with Crippen molar-refractivity contribution in [2.45, 2.75) is 37.4 Å². The smallest absolute Gasteiger partial charge is 0.432 e. The predicted octanol–water partition coefficient (Wildman–Crippen LogP) is 2.85. The summed E-state index contributed by atoms with van der Waals surface area (Å²) in [4.78, 5) is 10.7. The minimum atomic E-state index is -4.59. The zero-order valence-electron chi connectivity index (χ0n) is 11.9. The van der Waals surface area contributed by atoms with Gasteiger partial charge in [0.15, 0.2) is 0 Å². The van der Waals surface area contributed by atoms with Gasteiger partial charge in [0.2, 0.25) is 0 Å². The van der Waals surface area contributed by atoms with E-state index in [1.165, 1.54) is 0 Å². The van der Waals surface area contributed by atoms with Crippen LogP contribution in [0.2, 0.25) is 0 Å². The summed E-state index contributed by atoms with van der Waals surface area (Å²) >= 11 is 0. The molecule has 0 aromatic heterocycles. The van der Waals surface area contributed by atoms with Crippen molar-refractivity contribution >= 4 is 16.2 Å². The molecule has 1 N–H and O–H groups in total. The molecule has 1 amide bonds. The number of halogens is 3. The maximum absolute atomic E-state index is 12.4. The number of ether oxygens (including phenoxy) is 1. The van der Waals surface area contributed by atoms with Crippen molar-refractivity contribution in [2.75, 3.05) is 0 Å². The number of nitrogens with one attached hydrogen (secondary N) is 1. The molecule has 6 nitrogen and oxygen atoms in total. The molecule has 10 heteroatoms. The fourth-order valence-corrected chi connectivity index (χ4v) is 1.99. The standard InChI is InChI=1S/C12H14F3NO5S/c1-11(2,3)20-10(17)16-21-22(18,19)9-6-4-8(5-7-9)12(13,14)15/h4-7H,1-3H3,(H,16,17). The first-order valence-electron chi connectivity index (χ1n) is 5.91. The van der Waals surface area contributed by atoms with Crippen molar-refractivity contribution in [2.24, 2.45) is 0 Å². The first kappa shape index (κ1) is 18.2. The number of alkyl halides is 3. The molecule has 0 aliphatic heterocycles. The molecule has 0 saturated heterocycles. The number of carbonyl (C=O) groups excluding carboxylic acids is 1. The summed E-state index contributed by atoms with van der Waals surface area (Å²) in [6.45, 7) is 4.66. The fourth-order valence-electron chi connectivity index (χ4n) is 1.25. The lowest BCUT2D eigenvalue weighted by Crippen LogP contribution is -2.34. The van der Waals surface area contributed by atoms with Crippen LogP contribution in [0.3, 0.4) is 0 Å². The van der Waals surface area contributed by atoms with Gasteiger partial charge in [-0.15, -0.1) is 4.28 Å². The monoisotopic (exact) mass is 341 g/mol. The number of hydrogen-bond donors (Lipinski definition) is 1. The molecule has 0 radical (unpaired) electrons. The van der Waals surface area contributed by atoms with Crippen molar-refractivity contribution < 1.29 is 35.4 Å². The van der Waals surface area contributed by atoms with Gasteiger partial charge >= 0.3 is 22.4 Å². The van der Waals surface area contributed by atoms with Crippen LogP contribution < -0.4 is 5.48 Å². The zero-order valence-corrected chi connectivity index (χ0v) is 12.7. The van der Waals surface area contributed by atoms with Crippen LogP contribution in [0.15, 0.2) is 29.2 Å². The summed E-state index contributed by atoms with van der Waals surface area (Å²) in [5, 5.41) is 0. The normalized spacial score (nSPS) is 12.8. The Labute approximate surface area is 125 Å². The quantitative estimate of drug-likeness (QED) is 0.855. The summed E-state index contributed by atoms with van der Waals surface area (Å²) in [6, 6.07) is 2.61. The van der Waals surface area contributed by atoms with E-state index >= 15 is 0 Å². The maximum atomic E-state index is 12.4. The second kappa shape index (κ2) is 6.13. The van der Waals surface area contributed by atoms with Gasteiger partial charge in [0.25, 0.3) is 0 Å². The van der Waals surface area contributed by atoms with Gasteiger partial charge in [0.1, 0.15) is 5.60 Å². The van der Waals surface area contributed by atoms with E-state index in [1.54, 1.807) is 26.3 Å². The largest absolute Gasteiger partial charge is 0.442 e. The van der Waals surface area contributed by atoms with E-state index < -0.39 is 38.4 Å². The molecule has 1 aromatic carbocycles. The molecule has 1 rings (SSSR count). The Morgan fingerprint density at radius 3 is 2.00 bits per heavy atom. The van der Waals surface area contributed by atoms with Gasteiger partial charge in [-0.05, 0) is 45.0 Å². The van der Waals surface area contributed by atoms with Crippen LogP contribution in [0.4, 0.5) is 18.0 Å². The van der Waals surface area contributed by atoms with E-state index in [9.17, 15) is 26.4 Å². The zero-order chi connectivity index (χ0) is 17.2. The molecule has 0 aliphatic carbocycles. The third-order valence-electron chi connectivity index (χ3n) is 2.10. The molecule has 0 unspecified atom stereocenters. The van der Waals surface area contributed by atoms with Crippen LogP contribution in [0.25, 0.3) is 0 Å². The second-order valence-corrected chi connectivity index (χ2v) is 6.71. The minimum Gasteiger partial charge on any atom is -0.442 e. The average Bonchev–Trinajstić information content (AvgIpc) is 2.34. The Bertz CT molecular complexity index is 632. The first-order valence-corrected chi connectivity index (χ1v) is 7.32. The van der Waals surface area contributed by atoms with Crippen molar-refractivity contribution in [3.63, 3.8) is 0 Å². The molecular weight excluding hydrogens is 327 g/mol. The van der Waals surface area contributed by atoms with E-state index in [0.29, 0.717) is 12.1 Å². The number of hydrogen-bond acceptors (Lipinski definition) is 5. The van der Waals surface area contributed by atoms with E-state index in [1.807, 2.05) is 0 Å². The topological polar surface area (TPSA) is 81.7 Å². The Hall–Kier alpha value is -1.81. The Kier molecular flexibility index (Phi) is 5.08. The SMILES string of the molecule is CC(C)(C)OC(=O)NOS(=O)(=O)c1ccc(C(F)(F)F)cc1. The molecule has 0 aliphatic rings. The van der Waals surface area contributed by atoms with Gasteiger partial charge in [-0.2, -0.15) is 27.1 Å². The van der Waals surface area contributed by atoms with Gasteiger partial charge in [-0.3, -0.25) is 0 Å². The third kappa shape index (κ3) is 5.53. The van der Waals surface area contributed by atoms with Crippen LogP contribution >= 0.6 is 0 Å². The first-order chi connectivity index (χ1) is 9.81. The van der Waals surface area contributed by atoms with Crippen molar-refractivity contribution in [1.82, 2.24) is 5.48 Å². The molecule has 0 bridgehead atoms. The molecule has 0 heterocycles. The van der Waals surface area contributed by atoms with E-state index in [4.69, 9.17) is 4.74 Å². The highest BCUT2D eigenvalue weighted by molar-refractivity contribution is 7.86. The van der Waals surface area contributed by atoms with Gasteiger partial charge < -0.3 is 4.74 Å². The molecule has 22 heavy (non-hydrogen) atoms. The molecule has 0 saturated carbocycles. The van der Waals surface area contributed by atoms with E-state index in [0.717, 1.165) is 12.1 Å². The Morgan fingerprint density at radius 2 is 1.59 bits per heavy atom. The van der Waals surface area contributed by atoms with Gasteiger partial charge in [0, 0.05) is 0 Å². The second-order valence-electron chi connectivity index (χ2n) is 5.16. The molecule has 0 fully saturated rings. The van der Waals surface area contributed by atoms with Crippen LogP contribution in [0, 0.1) is 0 Å². The number of benzene rings is 1. The molecular formula is C12H14F3NO5S. The van der Waals surface area contributed by atoms with Crippen molar-refractivity contribution in [3.05, 3.63) is 29.8 Å². The summed E-state index contributed by atoms with van der Waals surface area (Å²) < 4.78 is 69.5. The highest BCUT2D eigenvalue weighted by Crippen LogP contribution is 2.29. The summed E-state index contributed by atoms with van der Waals surface area (Å²) in [5.74, 6) is 0. The summed E-state index contributed by atoms with van der Waals surface area (Å²) in [6.07, 6.45) is -5.74. The number of hydroxylamine groups is 1. The van der Waals surface area contributed by atoms with Crippen LogP contribution in [0.1, 0.15) is 26.3 Å². The lowest BCUT2D eigenvalue weighted by molar-refractivity contribution is -0.137. The Balaban J connectivity index is 2.77. The maximum Gasteiger partial charge on any atom is 0.432 e. The van der Waals surface area contributed by atoms with Crippen LogP contribution in [-0.2, 0) is 25.3 Å². The van der Waals surface area contributed by atoms with Crippen molar-refractivity contribution in [3.8, 4) is 0 Å². The highest BCUT2D eigenvalue weighted by Gasteiger charge is 2.31. The molecule has 0 spiro atoms. The number of amides is 1. The molecule has 0 atom stereocenters. The Morgan fingerprint density at radius 1 is 1.09 bits per heavy atom. The molecule has 124 valence electrons. The highest BCUT2D eigenvalue weighted by atomic mass is 32.2. The van der Waals surface area contributed by atoms with Gasteiger partial charge in [0.05, 0.1) is 10.5 Å². The third-order valence-corrected chi connectivity index (χ3v) is 3.26. The number of carbonyl (C=O) groups is 1.